The predicted molar refractivity (Wildman–Crippen MR) is 128 cm³/mol. The molecule has 1 N–H and O–H groups in total. The number of amides is 3. The van der Waals surface area contributed by atoms with Gasteiger partial charge in [0, 0.05) is 12.6 Å². The van der Waals surface area contributed by atoms with Gasteiger partial charge in [0.2, 0.25) is 0 Å². The number of urea groups is 1. The molecule has 3 amide bonds. The van der Waals surface area contributed by atoms with Crippen molar-refractivity contribution < 1.29 is 14.4 Å². The minimum atomic E-state index is -0.802. The number of hydrogen-bond acceptors (Lipinski definition) is 4. The van der Waals surface area contributed by atoms with E-state index in [-0.39, 0.29) is 41.8 Å². The van der Waals surface area contributed by atoms with Gasteiger partial charge in [-0.25, -0.2) is 4.79 Å². The van der Waals surface area contributed by atoms with Crippen LogP contribution in [0.3, 0.4) is 0 Å². The molecule has 1 spiro atoms. The highest BCUT2D eigenvalue weighted by atomic mass is 16.2. The first-order valence-electron chi connectivity index (χ1n) is 13.7. The second-order valence-corrected chi connectivity index (χ2v) is 12.1. The van der Waals surface area contributed by atoms with E-state index < -0.39 is 5.54 Å². The van der Waals surface area contributed by atoms with E-state index in [9.17, 15) is 14.4 Å². The number of carbonyl (C=O) groups excluding carboxylic acids is 3. The summed E-state index contributed by atoms with van der Waals surface area (Å²) in [6, 6.07) is -0.512. The molecule has 4 saturated carbocycles. The number of ketones is 1. The van der Waals surface area contributed by atoms with E-state index in [1.54, 1.807) is 11.9 Å². The minimum Gasteiger partial charge on any atom is -0.313 e. The van der Waals surface area contributed by atoms with Crippen LogP contribution in [-0.2, 0) is 9.59 Å². The Bertz CT molecular complexity index is 779. The fraction of sp³-hybridized carbons (Fsp3) is 0.889. The first kappa shape index (κ1) is 23.3. The van der Waals surface area contributed by atoms with Crippen molar-refractivity contribution >= 4 is 17.7 Å². The van der Waals surface area contributed by atoms with Gasteiger partial charge in [0.05, 0.1) is 12.6 Å². The maximum Gasteiger partial charge on any atom is 0.327 e. The van der Waals surface area contributed by atoms with Crippen molar-refractivity contribution in [2.24, 2.45) is 17.8 Å². The Morgan fingerprint density at radius 2 is 1.58 bits per heavy atom. The van der Waals surface area contributed by atoms with Crippen molar-refractivity contribution in [1.29, 1.82) is 0 Å². The lowest BCUT2D eigenvalue weighted by Gasteiger charge is -2.49. The second kappa shape index (κ2) is 8.98. The molecule has 184 valence electrons. The van der Waals surface area contributed by atoms with Gasteiger partial charge >= 0.3 is 6.03 Å². The number of Topliss-reactive ketones (excluding diaryl/α,β-unsaturated/α-hetero) is 1. The molecule has 33 heavy (non-hydrogen) atoms. The molecule has 0 radical (unpaired) electrons. The third kappa shape index (κ3) is 4.04. The number of hydrogen-bond donors (Lipinski definition) is 1. The molecule has 6 aliphatic rings. The SMILES string of the molecule is CN1C(=O)N(CC(=O)C2CCC3(CCCCCCCC3)N2)C(=O)C1(C)C1CC2CCC1CC2. The highest BCUT2D eigenvalue weighted by Crippen LogP contribution is 2.52. The van der Waals surface area contributed by atoms with Gasteiger partial charge in [-0.3, -0.25) is 14.5 Å². The lowest BCUT2D eigenvalue weighted by atomic mass is 9.59. The average Bonchev–Trinajstić information content (AvgIpc) is 3.36. The summed E-state index contributed by atoms with van der Waals surface area (Å²) in [6.07, 6.45) is 17.7. The molecule has 2 bridgehead atoms. The van der Waals surface area contributed by atoms with Gasteiger partial charge in [0.1, 0.15) is 5.54 Å². The van der Waals surface area contributed by atoms with E-state index in [0.29, 0.717) is 11.8 Å². The quantitative estimate of drug-likeness (QED) is 0.624. The summed E-state index contributed by atoms with van der Waals surface area (Å²) in [5, 5.41) is 3.71. The molecule has 4 aliphatic carbocycles. The van der Waals surface area contributed by atoms with Gasteiger partial charge in [-0.2, -0.15) is 0 Å². The van der Waals surface area contributed by atoms with Crippen LogP contribution in [0, 0.1) is 17.8 Å². The summed E-state index contributed by atoms with van der Waals surface area (Å²) in [7, 11) is 1.77. The van der Waals surface area contributed by atoms with Gasteiger partial charge in [-0.05, 0) is 69.6 Å². The van der Waals surface area contributed by atoms with Crippen LogP contribution in [-0.4, -0.2) is 58.2 Å². The number of imide groups is 1. The monoisotopic (exact) mass is 457 g/mol. The lowest BCUT2D eigenvalue weighted by Crippen LogP contribution is -2.56. The van der Waals surface area contributed by atoms with Gasteiger partial charge in [0.15, 0.2) is 5.78 Å². The van der Waals surface area contributed by atoms with Crippen LogP contribution < -0.4 is 5.32 Å². The van der Waals surface area contributed by atoms with Crippen LogP contribution in [0.1, 0.15) is 103 Å². The van der Waals surface area contributed by atoms with E-state index >= 15 is 0 Å². The third-order valence-electron chi connectivity index (χ3n) is 10.3. The summed E-state index contributed by atoms with van der Waals surface area (Å²) in [5.74, 6) is 1.30. The number of likely N-dealkylation sites (N-methyl/N-ethyl adjacent to an activating group) is 1. The van der Waals surface area contributed by atoms with Gasteiger partial charge in [0.25, 0.3) is 5.91 Å². The molecule has 2 aliphatic heterocycles. The van der Waals surface area contributed by atoms with Crippen LogP contribution in [0.4, 0.5) is 4.79 Å². The van der Waals surface area contributed by atoms with Crippen molar-refractivity contribution in [3.05, 3.63) is 0 Å². The van der Waals surface area contributed by atoms with Crippen molar-refractivity contribution in [2.45, 2.75) is 120 Å². The third-order valence-corrected chi connectivity index (χ3v) is 10.3. The molecule has 0 aromatic heterocycles. The summed E-state index contributed by atoms with van der Waals surface area (Å²) in [4.78, 5) is 43.2. The second-order valence-electron chi connectivity index (χ2n) is 12.1. The molecule has 3 atom stereocenters. The van der Waals surface area contributed by atoms with E-state index in [0.717, 1.165) is 32.1 Å². The maximum atomic E-state index is 13.7. The summed E-state index contributed by atoms with van der Waals surface area (Å²) >= 11 is 0. The Morgan fingerprint density at radius 1 is 0.939 bits per heavy atom. The summed E-state index contributed by atoms with van der Waals surface area (Å²) < 4.78 is 0. The van der Waals surface area contributed by atoms with Crippen molar-refractivity contribution in [1.82, 2.24) is 15.1 Å². The molecule has 6 fully saturated rings. The molecule has 6 heteroatoms. The molecule has 0 aromatic carbocycles. The smallest absolute Gasteiger partial charge is 0.313 e. The number of fused-ring (bicyclic) bond motifs is 3. The number of nitrogens with one attached hydrogen (secondary N) is 1. The Morgan fingerprint density at radius 3 is 2.18 bits per heavy atom. The van der Waals surface area contributed by atoms with Gasteiger partial charge in [-0.15, -0.1) is 0 Å². The van der Waals surface area contributed by atoms with Crippen molar-refractivity contribution in [3.63, 3.8) is 0 Å². The minimum absolute atomic E-state index is 0.0104. The number of nitrogens with zero attached hydrogens (tertiary/aromatic N) is 2. The van der Waals surface area contributed by atoms with E-state index in [2.05, 4.69) is 5.32 Å². The predicted octanol–water partition coefficient (Wildman–Crippen LogP) is 4.66. The molecule has 2 saturated heterocycles. The Labute approximate surface area is 199 Å². The summed E-state index contributed by atoms with van der Waals surface area (Å²) in [6.45, 7) is 1.88. The van der Waals surface area contributed by atoms with Crippen molar-refractivity contribution in [3.8, 4) is 0 Å². The molecule has 6 nitrogen and oxygen atoms in total. The van der Waals surface area contributed by atoms with Crippen LogP contribution in [0.2, 0.25) is 0 Å². The fourth-order valence-corrected chi connectivity index (χ4v) is 8.09. The number of carbonyl (C=O) groups is 3. The molecule has 0 aromatic rings. The fourth-order valence-electron chi connectivity index (χ4n) is 8.09. The Balaban J connectivity index is 1.26. The maximum absolute atomic E-state index is 13.7. The molecule has 6 rings (SSSR count). The number of rotatable bonds is 4. The zero-order valence-electron chi connectivity index (χ0n) is 20.7. The zero-order valence-corrected chi connectivity index (χ0v) is 20.7. The normalized spacial score (nSPS) is 39.1. The lowest BCUT2D eigenvalue weighted by molar-refractivity contribution is -0.140. The largest absolute Gasteiger partial charge is 0.327 e. The van der Waals surface area contributed by atoms with Crippen LogP contribution >= 0.6 is 0 Å². The van der Waals surface area contributed by atoms with Crippen LogP contribution in [0.15, 0.2) is 0 Å². The summed E-state index contributed by atoms with van der Waals surface area (Å²) in [5.41, 5.74) is -0.723. The van der Waals surface area contributed by atoms with E-state index in [1.807, 2.05) is 6.92 Å². The van der Waals surface area contributed by atoms with Gasteiger partial charge < -0.3 is 10.2 Å². The molecular formula is C27H43N3O3. The highest BCUT2D eigenvalue weighted by Gasteiger charge is 2.60. The van der Waals surface area contributed by atoms with Crippen LogP contribution in [0.5, 0.6) is 0 Å². The first-order chi connectivity index (χ1) is 15.8. The van der Waals surface area contributed by atoms with Crippen molar-refractivity contribution in [2.75, 3.05) is 13.6 Å². The molecular weight excluding hydrogens is 414 g/mol. The average molecular weight is 458 g/mol. The molecule has 2 heterocycles. The highest BCUT2D eigenvalue weighted by molar-refractivity contribution is 6.09. The standard InChI is InChI=1S/C27H43N3O3/c1-26(21-17-19-9-11-20(21)12-10-19)24(32)30(25(33)29(26)2)18-23(31)22-13-16-27(28-22)14-7-5-3-4-6-8-15-27/h19-22,28H,3-18H2,1-2H3. The van der Waals surface area contributed by atoms with Gasteiger partial charge in [-0.1, -0.05) is 51.4 Å². The Kier molecular flexibility index (Phi) is 6.34. The topological polar surface area (TPSA) is 69.7 Å². The molecule has 3 unspecified atom stereocenters. The Hall–Kier alpha value is -1.43. The van der Waals surface area contributed by atoms with Crippen LogP contribution in [0.25, 0.3) is 0 Å². The zero-order chi connectivity index (χ0) is 23.2. The van der Waals surface area contributed by atoms with E-state index in [1.165, 1.54) is 69.1 Å². The van der Waals surface area contributed by atoms with E-state index in [4.69, 9.17) is 0 Å². The first-order valence-corrected chi connectivity index (χ1v) is 13.7.